The van der Waals surface area contributed by atoms with Crippen molar-refractivity contribution in [2.75, 3.05) is 20.4 Å². The number of aryl methyl sites for hydroxylation is 2. The summed E-state index contributed by atoms with van der Waals surface area (Å²) in [7, 11) is 1.70. The van der Waals surface area contributed by atoms with Crippen molar-refractivity contribution in [1.82, 2.24) is 10.2 Å². The zero-order valence-corrected chi connectivity index (χ0v) is 15.2. The number of fused-ring (bicyclic) bond motifs is 1. The molecule has 0 atom stereocenters. The fraction of sp³-hybridized carbons (Fsp3) is 0.300. The van der Waals surface area contributed by atoms with Gasteiger partial charge in [-0.2, -0.15) is 0 Å². The standard InChI is InChI=1S/C20H22N2O4/c1-13-4-6-16(8-14(13)2)20(24)21-10-19(23)22(3)11-15-5-7-17-18(9-15)26-12-25-17/h4-9H,10-12H2,1-3H3,(H,21,24). The summed E-state index contributed by atoms with van der Waals surface area (Å²) in [6.45, 7) is 4.54. The van der Waals surface area contributed by atoms with Crippen molar-refractivity contribution < 1.29 is 19.1 Å². The molecule has 2 aromatic carbocycles. The second kappa shape index (κ2) is 7.47. The Labute approximate surface area is 152 Å². The summed E-state index contributed by atoms with van der Waals surface area (Å²) in [5.41, 5.74) is 3.66. The van der Waals surface area contributed by atoms with Gasteiger partial charge in [-0.05, 0) is 54.8 Å². The van der Waals surface area contributed by atoms with E-state index >= 15 is 0 Å². The number of ether oxygens (including phenoxy) is 2. The molecule has 136 valence electrons. The van der Waals surface area contributed by atoms with Gasteiger partial charge in [0, 0.05) is 19.2 Å². The quantitative estimate of drug-likeness (QED) is 0.895. The second-order valence-corrected chi connectivity index (χ2v) is 6.42. The first-order chi connectivity index (χ1) is 12.4. The second-order valence-electron chi connectivity index (χ2n) is 6.42. The molecule has 1 aliphatic rings. The number of hydrogen-bond acceptors (Lipinski definition) is 4. The van der Waals surface area contributed by atoms with E-state index in [1.807, 2.05) is 44.2 Å². The van der Waals surface area contributed by atoms with E-state index in [-0.39, 0.29) is 25.2 Å². The molecule has 2 amide bonds. The van der Waals surface area contributed by atoms with Crippen molar-refractivity contribution in [2.45, 2.75) is 20.4 Å². The van der Waals surface area contributed by atoms with E-state index < -0.39 is 0 Å². The van der Waals surface area contributed by atoms with Gasteiger partial charge in [-0.25, -0.2) is 0 Å². The minimum Gasteiger partial charge on any atom is -0.454 e. The van der Waals surface area contributed by atoms with Gasteiger partial charge in [-0.1, -0.05) is 12.1 Å². The molecule has 0 aromatic heterocycles. The van der Waals surface area contributed by atoms with E-state index in [0.29, 0.717) is 23.6 Å². The van der Waals surface area contributed by atoms with Gasteiger partial charge in [0.2, 0.25) is 12.7 Å². The smallest absolute Gasteiger partial charge is 0.251 e. The molecule has 0 radical (unpaired) electrons. The average molecular weight is 354 g/mol. The van der Waals surface area contributed by atoms with Crippen molar-refractivity contribution >= 4 is 11.8 Å². The zero-order valence-electron chi connectivity index (χ0n) is 15.2. The maximum atomic E-state index is 12.3. The summed E-state index contributed by atoms with van der Waals surface area (Å²) in [6, 6.07) is 11.1. The fourth-order valence-electron chi connectivity index (χ4n) is 2.68. The van der Waals surface area contributed by atoms with E-state index in [2.05, 4.69) is 5.32 Å². The predicted molar refractivity (Wildman–Crippen MR) is 97.3 cm³/mol. The highest BCUT2D eigenvalue weighted by Crippen LogP contribution is 2.32. The van der Waals surface area contributed by atoms with Gasteiger partial charge >= 0.3 is 0 Å². The first kappa shape index (κ1) is 17.8. The summed E-state index contributed by atoms with van der Waals surface area (Å²) in [6.07, 6.45) is 0. The van der Waals surface area contributed by atoms with Crippen molar-refractivity contribution in [2.24, 2.45) is 0 Å². The highest BCUT2D eigenvalue weighted by atomic mass is 16.7. The van der Waals surface area contributed by atoms with Gasteiger partial charge < -0.3 is 19.7 Å². The Morgan fingerprint density at radius 1 is 1.04 bits per heavy atom. The van der Waals surface area contributed by atoms with Crippen LogP contribution in [0.25, 0.3) is 0 Å². The minimum atomic E-state index is -0.252. The molecule has 0 saturated heterocycles. The van der Waals surface area contributed by atoms with Crippen LogP contribution in [-0.2, 0) is 11.3 Å². The molecule has 1 aliphatic heterocycles. The van der Waals surface area contributed by atoms with Crippen molar-refractivity contribution in [3.05, 3.63) is 58.7 Å². The number of nitrogens with zero attached hydrogens (tertiary/aromatic N) is 1. The Balaban J connectivity index is 1.54. The molecule has 6 heteroatoms. The van der Waals surface area contributed by atoms with Gasteiger partial charge in [0.25, 0.3) is 5.91 Å². The third kappa shape index (κ3) is 3.96. The third-order valence-corrected chi connectivity index (χ3v) is 4.45. The minimum absolute atomic E-state index is 0.0488. The van der Waals surface area contributed by atoms with Gasteiger partial charge in [0.05, 0.1) is 6.54 Å². The Kier molecular flexibility index (Phi) is 5.11. The maximum absolute atomic E-state index is 12.3. The topological polar surface area (TPSA) is 67.9 Å². The molecule has 0 saturated carbocycles. The number of benzene rings is 2. The number of likely N-dealkylation sites (N-methyl/N-ethyl adjacent to an activating group) is 1. The van der Waals surface area contributed by atoms with Crippen LogP contribution in [0.4, 0.5) is 0 Å². The lowest BCUT2D eigenvalue weighted by Crippen LogP contribution is -2.37. The van der Waals surface area contributed by atoms with Gasteiger partial charge in [-0.3, -0.25) is 9.59 Å². The van der Waals surface area contributed by atoms with Crippen LogP contribution in [0, 0.1) is 13.8 Å². The molecule has 1 heterocycles. The summed E-state index contributed by atoms with van der Waals surface area (Å²) in [5.74, 6) is 0.979. The van der Waals surface area contributed by atoms with Crippen LogP contribution in [0.2, 0.25) is 0 Å². The van der Waals surface area contributed by atoms with Crippen LogP contribution in [0.15, 0.2) is 36.4 Å². The Bertz CT molecular complexity index is 848. The van der Waals surface area contributed by atoms with Gasteiger partial charge in [0.15, 0.2) is 11.5 Å². The van der Waals surface area contributed by atoms with E-state index in [1.54, 1.807) is 18.0 Å². The molecular weight excluding hydrogens is 332 g/mol. The molecule has 2 aromatic rings. The maximum Gasteiger partial charge on any atom is 0.251 e. The van der Waals surface area contributed by atoms with Crippen molar-refractivity contribution in [3.63, 3.8) is 0 Å². The summed E-state index contributed by atoms with van der Waals surface area (Å²) in [4.78, 5) is 26.1. The number of carbonyl (C=O) groups excluding carboxylic acids is 2. The predicted octanol–water partition coefficient (Wildman–Crippen LogP) is 2.42. The van der Waals surface area contributed by atoms with Crippen LogP contribution in [-0.4, -0.2) is 37.1 Å². The lowest BCUT2D eigenvalue weighted by Gasteiger charge is -2.18. The first-order valence-corrected chi connectivity index (χ1v) is 8.42. The Morgan fingerprint density at radius 3 is 2.58 bits per heavy atom. The molecule has 3 rings (SSSR count). The van der Waals surface area contributed by atoms with Crippen molar-refractivity contribution in [1.29, 1.82) is 0 Å². The molecule has 1 N–H and O–H groups in total. The van der Waals surface area contributed by atoms with Crippen LogP contribution in [0.3, 0.4) is 0 Å². The summed E-state index contributed by atoms with van der Waals surface area (Å²) < 4.78 is 10.6. The monoisotopic (exact) mass is 354 g/mol. The van der Waals surface area contributed by atoms with E-state index in [9.17, 15) is 9.59 Å². The lowest BCUT2D eigenvalue weighted by atomic mass is 10.1. The summed E-state index contributed by atoms with van der Waals surface area (Å²) in [5, 5.41) is 2.68. The average Bonchev–Trinajstić information content (AvgIpc) is 3.09. The SMILES string of the molecule is Cc1ccc(C(=O)NCC(=O)N(C)Cc2ccc3c(c2)OCO3)cc1C. The molecule has 26 heavy (non-hydrogen) atoms. The number of carbonyl (C=O) groups is 2. The van der Waals surface area contributed by atoms with Crippen LogP contribution < -0.4 is 14.8 Å². The van der Waals surface area contributed by atoms with Gasteiger partial charge in [-0.15, -0.1) is 0 Å². The summed E-state index contributed by atoms with van der Waals surface area (Å²) >= 11 is 0. The number of amides is 2. The number of hydrogen-bond donors (Lipinski definition) is 1. The van der Waals surface area contributed by atoms with Crippen LogP contribution in [0.5, 0.6) is 11.5 Å². The molecule has 0 aliphatic carbocycles. The Hall–Kier alpha value is -3.02. The van der Waals surface area contributed by atoms with Crippen LogP contribution in [0.1, 0.15) is 27.0 Å². The molecule has 0 fully saturated rings. The first-order valence-electron chi connectivity index (χ1n) is 8.42. The van der Waals surface area contributed by atoms with Gasteiger partial charge in [0.1, 0.15) is 0 Å². The fourth-order valence-corrected chi connectivity index (χ4v) is 2.68. The normalized spacial score (nSPS) is 12.0. The van der Waals surface area contributed by atoms with E-state index in [0.717, 1.165) is 16.7 Å². The largest absolute Gasteiger partial charge is 0.454 e. The molecule has 0 bridgehead atoms. The van der Waals surface area contributed by atoms with E-state index in [1.165, 1.54) is 0 Å². The highest BCUT2D eigenvalue weighted by Gasteiger charge is 2.16. The molecule has 0 unspecified atom stereocenters. The third-order valence-electron chi connectivity index (χ3n) is 4.45. The molecular formula is C20H22N2O4. The Morgan fingerprint density at radius 2 is 1.81 bits per heavy atom. The van der Waals surface area contributed by atoms with Crippen molar-refractivity contribution in [3.8, 4) is 11.5 Å². The lowest BCUT2D eigenvalue weighted by molar-refractivity contribution is -0.129. The molecule has 0 spiro atoms. The van der Waals surface area contributed by atoms with E-state index in [4.69, 9.17) is 9.47 Å². The molecule has 6 nitrogen and oxygen atoms in total. The van der Waals surface area contributed by atoms with Crippen LogP contribution >= 0.6 is 0 Å². The highest BCUT2D eigenvalue weighted by molar-refractivity contribution is 5.96. The number of nitrogens with one attached hydrogen (secondary N) is 1. The number of rotatable bonds is 5. The zero-order chi connectivity index (χ0) is 18.7.